The third-order valence-electron chi connectivity index (χ3n) is 5.82. The summed E-state index contributed by atoms with van der Waals surface area (Å²) in [4.78, 5) is 12.8. The van der Waals surface area contributed by atoms with Gasteiger partial charge in [-0.15, -0.1) is 0 Å². The molecule has 4 bridgehead atoms. The Kier molecular flexibility index (Phi) is 3.30. The predicted octanol–water partition coefficient (Wildman–Crippen LogP) is 3.64. The Morgan fingerprint density at radius 2 is 1.77 bits per heavy atom. The van der Waals surface area contributed by atoms with E-state index in [1.165, 1.54) is 19.3 Å². The highest BCUT2D eigenvalue weighted by Gasteiger charge is 2.53. The lowest BCUT2D eigenvalue weighted by Crippen LogP contribution is -2.55. The zero-order chi connectivity index (χ0) is 15.5. The molecule has 0 amide bonds. The van der Waals surface area contributed by atoms with Crippen molar-refractivity contribution >= 4 is 17.3 Å². The molecule has 0 saturated heterocycles. The number of nitrogens with one attached hydrogen (secondary N) is 1. The van der Waals surface area contributed by atoms with Crippen molar-refractivity contribution in [1.29, 1.82) is 0 Å². The van der Waals surface area contributed by atoms with Gasteiger partial charge in [0.2, 0.25) is 0 Å². The quantitative estimate of drug-likeness (QED) is 0.924. The molecule has 4 saturated carbocycles. The van der Waals surface area contributed by atoms with Crippen molar-refractivity contribution in [3.05, 3.63) is 21.6 Å². The highest BCUT2D eigenvalue weighted by atomic mass is 35.5. The van der Waals surface area contributed by atoms with Gasteiger partial charge >= 0.3 is 0 Å². The molecule has 0 aliphatic heterocycles. The third-order valence-corrected chi connectivity index (χ3v) is 6.18. The highest BCUT2D eigenvalue weighted by Crippen LogP contribution is 2.58. The largest absolute Gasteiger partial charge is 0.380 e. The number of nitrogens with zero attached hydrogens (tertiary/aromatic N) is 2. The summed E-state index contributed by atoms with van der Waals surface area (Å²) in [6.07, 6.45) is 9.14. The standard InChI is InChI=1S/C17H24ClN3O/c1-10(2)20-14-9-19-21(16(22)15(14)18)17-6-11-3-12(7-17)5-13(4-11)8-17/h9-13,20H,3-8H2,1-2H3. The monoisotopic (exact) mass is 321 g/mol. The maximum atomic E-state index is 12.8. The molecule has 4 fully saturated rings. The van der Waals surface area contributed by atoms with Crippen LogP contribution in [0.4, 0.5) is 5.69 Å². The first-order chi connectivity index (χ1) is 10.5. The van der Waals surface area contributed by atoms with Crippen molar-refractivity contribution in [2.24, 2.45) is 17.8 Å². The second-order valence-corrected chi connectivity index (χ2v) is 8.41. The van der Waals surface area contributed by atoms with E-state index in [0.717, 1.165) is 37.0 Å². The summed E-state index contributed by atoms with van der Waals surface area (Å²) in [5.41, 5.74) is 0.475. The molecule has 1 N–H and O–H groups in total. The van der Waals surface area contributed by atoms with Gasteiger partial charge in [0, 0.05) is 6.04 Å². The van der Waals surface area contributed by atoms with E-state index in [1.54, 1.807) is 10.9 Å². The molecule has 1 heterocycles. The van der Waals surface area contributed by atoms with E-state index in [1.807, 2.05) is 13.8 Å². The molecule has 4 nitrogen and oxygen atoms in total. The van der Waals surface area contributed by atoms with Crippen molar-refractivity contribution in [1.82, 2.24) is 9.78 Å². The predicted molar refractivity (Wildman–Crippen MR) is 88.4 cm³/mol. The fourth-order valence-electron chi connectivity index (χ4n) is 5.51. The van der Waals surface area contributed by atoms with E-state index in [4.69, 9.17) is 11.6 Å². The van der Waals surface area contributed by atoms with Crippen LogP contribution in [0, 0.1) is 17.8 Å². The van der Waals surface area contributed by atoms with Gasteiger partial charge in [0.25, 0.3) is 5.56 Å². The number of hydrogen-bond donors (Lipinski definition) is 1. The fraction of sp³-hybridized carbons (Fsp3) is 0.765. The second-order valence-electron chi connectivity index (χ2n) is 8.03. The molecule has 1 aromatic rings. The first kappa shape index (κ1) is 14.6. The van der Waals surface area contributed by atoms with Crippen molar-refractivity contribution in [3.63, 3.8) is 0 Å². The Hall–Kier alpha value is -1.03. The first-order valence-corrected chi connectivity index (χ1v) is 8.89. The van der Waals surface area contributed by atoms with Crippen LogP contribution in [0.25, 0.3) is 0 Å². The molecule has 120 valence electrons. The Balaban J connectivity index is 1.74. The van der Waals surface area contributed by atoms with Crippen LogP contribution in [0.1, 0.15) is 52.4 Å². The summed E-state index contributed by atoms with van der Waals surface area (Å²) in [6.45, 7) is 4.06. The zero-order valence-electron chi connectivity index (χ0n) is 13.3. The van der Waals surface area contributed by atoms with Gasteiger partial charge in [0.05, 0.1) is 17.4 Å². The molecule has 5 heteroatoms. The molecule has 22 heavy (non-hydrogen) atoms. The SMILES string of the molecule is CC(C)Nc1cnn(C23CC4CC(CC(C4)C2)C3)c(=O)c1Cl. The number of anilines is 1. The summed E-state index contributed by atoms with van der Waals surface area (Å²) >= 11 is 6.35. The number of hydrogen-bond acceptors (Lipinski definition) is 3. The van der Waals surface area contributed by atoms with Crippen LogP contribution in [-0.4, -0.2) is 15.8 Å². The van der Waals surface area contributed by atoms with Crippen LogP contribution < -0.4 is 10.9 Å². The Bertz CT molecular complexity index is 617. The van der Waals surface area contributed by atoms with Gasteiger partial charge < -0.3 is 5.32 Å². The minimum absolute atomic E-state index is 0.0637. The van der Waals surface area contributed by atoms with Crippen molar-refractivity contribution in [2.45, 2.75) is 64.0 Å². The van der Waals surface area contributed by atoms with Gasteiger partial charge in [0.15, 0.2) is 0 Å². The molecule has 0 spiro atoms. The molecule has 1 aromatic heterocycles. The summed E-state index contributed by atoms with van der Waals surface area (Å²) < 4.78 is 1.74. The van der Waals surface area contributed by atoms with Crippen molar-refractivity contribution in [3.8, 4) is 0 Å². The van der Waals surface area contributed by atoms with E-state index in [2.05, 4.69) is 10.4 Å². The maximum Gasteiger partial charge on any atom is 0.288 e. The Morgan fingerprint density at radius 1 is 1.23 bits per heavy atom. The maximum absolute atomic E-state index is 12.8. The molecule has 0 radical (unpaired) electrons. The average molecular weight is 322 g/mol. The average Bonchev–Trinajstić information content (AvgIpc) is 2.42. The third kappa shape index (κ3) is 2.18. The Labute approximate surface area is 136 Å². The van der Waals surface area contributed by atoms with Gasteiger partial charge in [-0.1, -0.05) is 11.6 Å². The van der Waals surface area contributed by atoms with E-state index in [0.29, 0.717) is 10.7 Å². The lowest BCUT2D eigenvalue weighted by Gasteiger charge is -2.56. The van der Waals surface area contributed by atoms with Crippen LogP contribution >= 0.6 is 11.6 Å². The molecule has 0 unspecified atom stereocenters. The lowest BCUT2D eigenvalue weighted by molar-refractivity contribution is -0.0518. The van der Waals surface area contributed by atoms with Gasteiger partial charge in [-0.2, -0.15) is 5.10 Å². The van der Waals surface area contributed by atoms with Crippen LogP contribution in [-0.2, 0) is 5.54 Å². The number of rotatable bonds is 3. The highest BCUT2D eigenvalue weighted by molar-refractivity contribution is 6.32. The number of aromatic nitrogens is 2. The lowest BCUT2D eigenvalue weighted by atomic mass is 9.53. The van der Waals surface area contributed by atoms with Crippen molar-refractivity contribution in [2.75, 3.05) is 5.32 Å². The van der Waals surface area contributed by atoms with E-state index in [9.17, 15) is 4.79 Å². The van der Waals surface area contributed by atoms with Gasteiger partial charge in [-0.3, -0.25) is 4.79 Å². The molecule has 0 aromatic carbocycles. The van der Waals surface area contributed by atoms with Crippen LogP contribution in [0.3, 0.4) is 0 Å². The molecule has 4 aliphatic rings. The number of halogens is 1. The summed E-state index contributed by atoms with van der Waals surface area (Å²) in [6, 6.07) is 0.231. The van der Waals surface area contributed by atoms with Gasteiger partial charge in [-0.25, -0.2) is 4.68 Å². The minimum Gasteiger partial charge on any atom is -0.380 e. The van der Waals surface area contributed by atoms with E-state index in [-0.39, 0.29) is 17.1 Å². The summed E-state index contributed by atoms with van der Waals surface area (Å²) in [7, 11) is 0. The van der Waals surface area contributed by atoms with Crippen LogP contribution in [0.5, 0.6) is 0 Å². The normalized spacial score (nSPS) is 36.1. The van der Waals surface area contributed by atoms with E-state index >= 15 is 0 Å². The van der Waals surface area contributed by atoms with Crippen LogP contribution in [0.15, 0.2) is 11.0 Å². The smallest absolute Gasteiger partial charge is 0.288 e. The molecular formula is C17H24ClN3O. The molecule has 4 aliphatic carbocycles. The molecule has 0 atom stereocenters. The first-order valence-electron chi connectivity index (χ1n) is 8.52. The summed E-state index contributed by atoms with van der Waals surface area (Å²) in [5.74, 6) is 2.35. The topological polar surface area (TPSA) is 46.9 Å². The van der Waals surface area contributed by atoms with Crippen LogP contribution in [0.2, 0.25) is 5.02 Å². The second kappa shape index (κ2) is 4.98. The molecular weight excluding hydrogens is 298 g/mol. The zero-order valence-corrected chi connectivity index (χ0v) is 14.1. The van der Waals surface area contributed by atoms with Crippen molar-refractivity contribution < 1.29 is 0 Å². The van der Waals surface area contributed by atoms with Gasteiger partial charge in [-0.05, 0) is 70.1 Å². The summed E-state index contributed by atoms with van der Waals surface area (Å²) in [5, 5.41) is 8.04. The minimum atomic E-state index is -0.116. The van der Waals surface area contributed by atoms with Gasteiger partial charge in [0.1, 0.15) is 5.02 Å². The fourth-order valence-corrected chi connectivity index (χ4v) is 5.69. The van der Waals surface area contributed by atoms with E-state index < -0.39 is 0 Å². The Morgan fingerprint density at radius 3 is 2.27 bits per heavy atom. The molecule has 5 rings (SSSR count).